The fraction of sp³-hybridized carbons (Fsp3) is 0.0769. The van der Waals surface area contributed by atoms with Crippen molar-refractivity contribution in [2.75, 3.05) is 6.86 Å². The predicted molar refractivity (Wildman–Crippen MR) is 66.7 cm³/mol. The molecule has 1 aromatic heterocycles. The topological polar surface area (TPSA) is 84.7 Å². The molecule has 0 radical (unpaired) electrons. The van der Waals surface area contributed by atoms with Gasteiger partial charge in [0.05, 0.1) is 0 Å². The van der Waals surface area contributed by atoms with Gasteiger partial charge in [-0.05, 0) is 18.2 Å². The van der Waals surface area contributed by atoms with Crippen molar-refractivity contribution in [2.24, 2.45) is 5.16 Å². The largest absolute Gasteiger partial charge is 0.463 e. The van der Waals surface area contributed by atoms with Gasteiger partial charge in [0, 0.05) is 22.9 Å². The second-order valence-electron chi connectivity index (χ2n) is 4.02. The highest BCUT2D eigenvalue weighted by Crippen LogP contribution is 2.34. The Kier molecular flexibility index (Phi) is 2.86. The predicted octanol–water partition coefficient (Wildman–Crippen LogP) is 1.82. The Hall–Kier alpha value is -2.83. The molecule has 0 saturated heterocycles. The Morgan fingerprint density at radius 2 is 2.15 bits per heavy atom. The van der Waals surface area contributed by atoms with Gasteiger partial charge in [0.1, 0.15) is 17.8 Å². The van der Waals surface area contributed by atoms with Gasteiger partial charge >= 0.3 is 0 Å². The lowest BCUT2D eigenvalue weighted by Crippen LogP contribution is -2.23. The van der Waals surface area contributed by atoms with Gasteiger partial charge in [-0.25, -0.2) is 14.4 Å². The van der Waals surface area contributed by atoms with E-state index in [9.17, 15) is 9.18 Å². The van der Waals surface area contributed by atoms with E-state index in [1.165, 1.54) is 30.7 Å². The normalized spacial score (nSPS) is 14.8. The zero-order valence-electron chi connectivity index (χ0n) is 10.1. The van der Waals surface area contributed by atoms with Crippen molar-refractivity contribution in [3.8, 4) is 16.9 Å². The van der Waals surface area contributed by atoms with Crippen LogP contribution in [0.15, 0.2) is 35.9 Å². The molecule has 0 unspecified atom stereocenters. The number of alkyl halides is 1. The van der Waals surface area contributed by atoms with E-state index in [4.69, 9.17) is 9.94 Å². The average molecular weight is 273 g/mol. The van der Waals surface area contributed by atoms with E-state index in [0.29, 0.717) is 22.4 Å². The third kappa shape index (κ3) is 1.71. The zero-order valence-corrected chi connectivity index (χ0v) is 10.1. The van der Waals surface area contributed by atoms with Crippen LogP contribution in [0.5, 0.6) is 5.75 Å². The molecule has 2 aromatic rings. The molecule has 0 fully saturated rings. The van der Waals surface area contributed by atoms with E-state index in [0.717, 1.165) is 0 Å². The Morgan fingerprint density at radius 3 is 2.90 bits per heavy atom. The summed E-state index contributed by atoms with van der Waals surface area (Å²) < 4.78 is 17.0. The minimum absolute atomic E-state index is 0.144. The summed E-state index contributed by atoms with van der Waals surface area (Å²) in [4.78, 5) is 20.1. The maximum absolute atomic E-state index is 12.2. The number of carbonyl (C=O) groups excluding carboxylic acids is 1. The van der Waals surface area contributed by atoms with Crippen LogP contribution in [0.4, 0.5) is 4.39 Å². The van der Waals surface area contributed by atoms with Crippen LogP contribution < -0.4 is 4.74 Å². The summed E-state index contributed by atoms with van der Waals surface area (Å²) in [7, 11) is 0. The van der Waals surface area contributed by atoms with Crippen LogP contribution in [0.1, 0.15) is 16.1 Å². The molecule has 1 aliphatic rings. The smallest absolute Gasteiger partial charge is 0.228 e. The number of fused-ring (bicyclic) bond motifs is 3. The summed E-state index contributed by atoms with van der Waals surface area (Å²) in [5, 5.41) is 12.0. The Bertz CT molecular complexity index is 731. The summed E-state index contributed by atoms with van der Waals surface area (Å²) in [6.07, 6.45) is 2.75. The number of rotatable bonds is 2. The van der Waals surface area contributed by atoms with E-state index in [-0.39, 0.29) is 11.4 Å². The highest BCUT2D eigenvalue weighted by molar-refractivity contribution is 6.54. The number of nitrogens with zero attached hydrogens (tertiary/aromatic N) is 3. The minimum Gasteiger partial charge on any atom is -0.463 e. The molecule has 0 bridgehead atoms. The van der Waals surface area contributed by atoms with Gasteiger partial charge in [-0.1, -0.05) is 5.16 Å². The van der Waals surface area contributed by atoms with Gasteiger partial charge in [-0.2, -0.15) is 0 Å². The van der Waals surface area contributed by atoms with Gasteiger partial charge in [0.25, 0.3) is 0 Å². The summed E-state index contributed by atoms with van der Waals surface area (Å²) in [5.74, 6) is -0.168. The molecule has 0 atom stereocenters. The van der Waals surface area contributed by atoms with Crippen molar-refractivity contribution in [2.45, 2.75) is 0 Å². The molecule has 1 aliphatic carbocycles. The van der Waals surface area contributed by atoms with Crippen molar-refractivity contribution in [1.82, 2.24) is 9.97 Å². The van der Waals surface area contributed by atoms with Crippen molar-refractivity contribution >= 4 is 11.5 Å². The minimum atomic E-state index is -0.964. The standard InChI is InChI=1S/C13H8FN3O3/c14-5-20-7-1-2-8-9(3-7)10-4-15-6-16-11(10)12(17-19)13(8)18/h1-4,6,19H,5H2/b17-12-. The Balaban J connectivity index is 2.27. The molecule has 100 valence electrons. The average Bonchev–Trinajstić information content (AvgIpc) is 2.48. The maximum Gasteiger partial charge on any atom is 0.228 e. The SMILES string of the molecule is O=C1/C(=N\O)c2ncncc2-c2cc(OCF)ccc21. The van der Waals surface area contributed by atoms with Crippen molar-refractivity contribution < 1.29 is 19.1 Å². The highest BCUT2D eigenvalue weighted by Gasteiger charge is 2.30. The fourth-order valence-corrected chi connectivity index (χ4v) is 2.14. The van der Waals surface area contributed by atoms with Crippen LogP contribution in [0, 0.1) is 0 Å². The van der Waals surface area contributed by atoms with Crippen LogP contribution >= 0.6 is 0 Å². The number of Topliss-reactive ketones (excluding diaryl/α,β-unsaturated/α-hetero) is 1. The highest BCUT2D eigenvalue weighted by atomic mass is 19.1. The van der Waals surface area contributed by atoms with E-state index >= 15 is 0 Å². The molecule has 0 aliphatic heterocycles. The molecule has 1 N–H and O–H groups in total. The number of aromatic nitrogens is 2. The van der Waals surface area contributed by atoms with Gasteiger partial charge in [0.15, 0.2) is 5.71 Å². The van der Waals surface area contributed by atoms with Crippen LogP contribution in [-0.4, -0.2) is 33.5 Å². The lowest BCUT2D eigenvalue weighted by atomic mass is 9.87. The molecule has 0 spiro atoms. The quantitative estimate of drug-likeness (QED) is 0.666. The van der Waals surface area contributed by atoms with E-state index in [1.807, 2.05) is 0 Å². The first-order valence-electron chi connectivity index (χ1n) is 5.66. The molecule has 7 heteroatoms. The second kappa shape index (κ2) is 4.69. The molecule has 0 saturated carbocycles. The second-order valence-corrected chi connectivity index (χ2v) is 4.02. The molecule has 3 rings (SSSR count). The number of halogens is 1. The molecule has 0 amide bonds. The first-order chi connectivity index (χ1) is 9.76. The molecular weight excluding hydrogens is 265 g/mol. The first kappa shape index (κ1) is 12.2. The molecule has 20 heavy (non-hydrogen) atoms. The van der Waals surface area contributed by atoms with Crippen molar-refractivity contribution in [3.05, 3.63) is 42.0 Å². The van der Waals surface area contributed by atoms with Gasteiger partial charge in [-0.3, -0.25) is 4.79 Å². The third-order valence-corrected chi connectivity index (χ3v) is 3.00. The van der Waals surface area contributed by atoms with E-state index in [1.54, 1.807) is 0 Å². The third-order valence-electron chi connectivity index (χ3n) is 3.00. The number of carbonyl (C=O) groups is 1. The van der Waals surface area contributed by atoms with Crippen LogP contribution in [0.2, 0.25) is 0 Å². The Morgan fingerprint density at radius 1 is 1.30 bits per heavy atom. The summed E-state index contributed by atoms with van der Waals surface area (Å²) in [6.45, 7) is -0.964. The van der Waals surface area contributed by atoms with Gasteiger partial charge < -0.3 is 9.94 Å². The number of ketones is 1. The number of hydrogen-bond donors (Lipinski definition) is 1. The van der Waals surface area contributed by atoms with Gasteiger partial charge in [-0.15, -0.1) is 0 Å². The Labute approximate surface area is 112 Å². The number of benzene rings is 1. The van der Waals surface area contributed by atoms with Gasteiger partial charge in [0.2, 0.25) is 12.6 Å². The first-order valence-corrected chi connectivity index (χ1v) is 5.66. The number of oxime groups is 1. The van der Waals surface area contributed by atoms with Crippen molar-refractivity contribution in [1.29, 1.82) is 0 Å². The summed E-state index contributed by atoms with van der Waals surface area (Å²) in [6, 6.07) is 4.49. The van der Waals surface area contributed by atoms with Crippen LogP contribution in [-0.2, 0) is 0 Å². The van der Waals surface area contributed by atoms with Crippen LogP contribution in [0.25, 0.3) is 11.1 Å². The lowest BCUT2D eigenvalue weighted by Gasteiger charge is -2.18. The van der Waals surface area contributed by atoms with Crippen molar-refractivity contribution in [3.63, 3.8) is 0 Å². The lowest BCUT2D eigenvalue weighted by molar-refractivity contribution is 0.106. The zero-order chi connectivity index (χ0) is 14.1. The monoisotopic (exact) mass is 273 g/mol. The van der Waals surface area contributed by atoms with E-state index < -0.39 is 12.6 Å². The maximum atomic E-state index is 12.2. The molecule has 6 nitrogen and oxygen atoms in total. The summed E-state index contributed by atoms with van der Waals surface area (Å²) >= 11 is 0. The summed E-state index contributed by atoms with van der Waals surface area (Å²) in [5.41, 5.74) is 1.46. The molecular formula is C13H8FN3O3. The molecule has 1 heterocycles. The van der Waals surface area contributed by atoms with Crippen LogP contribution in [0.3, 0.4) is 0 Å². The number of ether oxygens (including phenoxy) is 1. The number of hydrogen-bond acceptors (Lipinski definition) is 6. The van der Waals surface area contributed by atoms with E-state index in [2.05, 4.69) is 15.1 Å². The fourth-order valence-electron chi connectivity index (χ4n) is 2.14. The molecule has 1 aromatic carbocycles.